The maximum absolute atomic E-state index is 12.6. The van der Waals surface area contributed by atoms with Crippen LogP contribution in [0.1, 0.15) is 48.4 Å². The molecular formula is C24H27N3O4. The third-order valence-corrected chi connectivity index (χ3v) is 5.70. The zero-order valence-corrected chi connectivity index (χ0v) is 18.3. The van der Waals surface area contributed by atoms with Crippen LogP contribution in [0.25, 0.3) is 11.4 Å². The van der Waals surface area contributed by atoms with Crippen molar-refractivity contribution in [3.63, 3.8) is 0 Å². The molecule has 7 heteroatoms. The van der Waals surface area contributed by atoms with E-state index in [-0.39, 0.29) is 11.9 Å². The van der Waals surface area contributed by atoms with Gasteiger partial charge in [-0.25, -0.2) is 0 Å². The lowest BCUT2D eigenvalue weighted by atomic mass is 10.1. The summed E-state index contributed by atoms with van der Waals surface area (Å²) in [7, 11) is 1.60. The molecule has 0 radical (unpaired) electrons. The number of hydrogen-bond acceptors (Lipinski definition) is 6. The SMILES string of the molecule is CCOc1ccc(-c2noc(C3CCC(=O)N3Cc3ccc(C)c(C)c3)n2)cc1OC. The van der Waals surface area contributed by atoms with Gasteiger partial charge in [0.15, 0.2) is 11.5 Å². The number of carbonyl (C=O) groups is 1. The van der Waals surface area contributed by atoms with Crippen molar-refractivity contribution in [2.45, 2.75) is 46.2 Å². The Balaban J connectivity index is 1.57. The highest BCUT2D eigenvalue weighted by Gasteiger charge is 2.36. The second-order valence-electron chi connectivity index (χ2n) is 7.75. The van der Waals surface area contributed by atoms with Crippen LogP contribution in [0.3, 0.4) is 0 Å². The first-order chi connectivity index (χ1) is 15.0. The lowest BCUT2D eigenvalue weighted by Crippen LogP contribution is -2.27. The maximum Gasteiger partial charge on any atom is 0.249 e. The van der Waals surface area contributed by atoms with Crippen molar-refractivity contribution in [1.82, 2.24) is 15.0 Å². The van der Waals surface area contributed by atoms with E-state index < -0.39 is 0 Å². The van der Waals surface area contributed by atoms with E-state index in [2.05, 4.69) is 42.2 Å². The molecule has 162 valence electrons. The van der Waals surface area contributed by atoms with Crippen molar-refractivity contribution < 1.29 is 18.8 Å². The first-order valence-electron chi connectivity index (χ1n) is 10.5. The number of ether oxygens (including phenoxy) is 2. The van der Waals surface area contributed by atoms with Crippen molar-refractivity contribution >= 4 is 5.91 Å². The lowest BCUT2D eigenvalue weighted by molar-refractivity contribution is -0.130. The third kappa shape index (κ3) is 4.26. The van der Waals surface area contributed by atoms with Gasteiger partial charge in [-0.15, -0.1) is 0 Å². The summed E-state index contributed by atoms with van der Waals surface area (Å²) in [5, 5.41) is 4.15. The van der Waals surface area contributed by atoms with Crippen LogP contribution in [0.15, 0.2) is 40.9 Å². The number of nitrogens with zero attached hydrogens (tertiary/aromatic N) is 3. The normalized spacial score (nSPS) is 16.1. The Hall–Kier alpha value is -3.35. The molecule has 1 aromatic heterocycles. The summed E-state index contributed by atoms with van der Waals surface area (Å²) in [4.78, 5) is 19.0. The van der Waals surface area contributed by atoms with Gasteiger partial charge >= 0.3 is 0 Å². The van der Waals surface area contributed by atoms with Gasteiger partial charge in [0.25, 0.3) is 0 Å². The molecule has 0 bridgehead atoms. The van der Waals surface area contributed by atoms with Gasteiger partial charge < -0.3 is 18.9 Å². The molecule has 1 amide bonds. The quantitative estimate of drug-likeness (QED) is 0.554. The lowest BCUT2D eigenvalue weighted by Gasteiger charge is -2.22. The third-order valence-electron chi connectivity index (χ3n) is 5.70. The van der Waals surface area contributed by atoms with Gasteiger partial charge in [0, 0.05) is 18.5 Å². The smallest absolute Gasteiger partial charge is 0.249 e. The Labute approximate surface area is 182 Å². The standard InChI is InChI=1S/C24H27N3O4/c1-5-30-20-10-8-18(13-21(20)29-4)23-25-24(31-26-23)19-9-11-22(28)27(19)14-17-7-6-15(2)16(3)12-17/h6-8,10,12-13,19H,5,9,11,14H2,1-4H3. The Morgan fingerprint density at radius 3 is 2.71 bits per heavy atom. The Kier molecular flexibility index (Phi) is 5.93. The number of hydrogen-bond donors (Lipinski definition) is 0. The van der Waals surface area contributed by atoms with E-state index in [9.17, 15) is 4.79 Å². The predicted octanol–water partition coefficient (Wildman–Crippen LogP) is 4.62. The molecule has 1 atom stereocenters. The molecule has 2 heterocycles. The molecule has 0 N–H and O–H groups in total. The van der Waals surface area contributed by atoms with E-state index in [0.29, 0.717) is 49.2 Å². The number of likely N-dealkylation sites (tertiary alicyclic amines) is 1. The first-order valence-corrected chi connectivity index (χ1v) is 10.5. The molecule has 4 rings (SSSR count). The number of amides is 1. The molecule has 1 fully saturated rings. The molecule has 2 aromatic carbocycles. The van der Waals surface area contributed by atoms with E-state index in [1.54, 1.807) is 7.11 Å². The molecule has 0 spiro atoms. The largest absolute Gasteiger partial charge is 0.493 e. The average molecular weight is 421 g/mol. The predicted molar refractivity (Wildman–Crippen MR) is 116 cm³/mol. The number of rotatable bonds is 7. The van der Waals surface area contributed by atoms with Crippen LogP contribution in [0.4, 0.5) is 0 Å². The number of aromatic nitrogens is 2. The fourth-order valence-electron chi connectivity index (χ4n) is 3.86. The zero-order chi connectivity index (χ0) is 22.0. The van der Waals surface area contributed by atoms with Crippen LogP contribution in [-0.2, 0) is 11.3 Å². The van der Waals surface area contributed by atoms with Gasteiger partial charge in [0.2, 0.25) is 17.6 Å². The van der Waals surface area contributed by atoms with Gasteiger partial charge in [0.1, 0.15) is 6.04 Å². The second kappa shape index (κ2) is 8.79. The highest BCUT2D eigenvalue weighted by molar-refractivity contribution is 5.79. The van der Waals surface area contributed by atoms with Crippen molar-refractivity contribution in [3.05, 3.63) is 59.0 Å². The summed E-state index contributed by atoms with van der Waals surface area (Å²) < 4.78 is 16.6. The van der Waals surface area contributed by atoms with Crippen LogP contribution in [0.2, 0.25) is 0 Å². The molecule has 0 aliphatic carbocycles. The number of benzene rings is 2. The highest BCUT2D eigenvalue weighted by Crippen LogP contribution is 2.36. The van der Waals surface area contributed by atoms with Crippen LogP contribution < -0.4 is 9.47 Å². The monoisotopic (exact) mass is 421 g/mol. The van der Waals surface area contributed by atoms with Crippen LogP contribution in [0, 0.1) is 13.8 Å². The van der Waals surface area contributed by atoms with Crippen LogP contribution in [0.5, 0.6) is 11.5 Å². The molecule has 31 heavy (non-hydrogen) atoms. The average Bonchev–Trinajstić information content (AvgIpc) is 3.39. The summed E-state index contributed by atoms with van der Waals surface area (Å²) in [6, 6.07) is 11.6. The van der Waals surface area contributed by atoms with E-state index >= 15 is 0 Å². The first kappa shape index (κ1) is 20.9. The minimum Gasteiger partial charge on any atom is -0.493 e. The minimum atomic E-state index is -0.222. The molecule has 1 saturated heterocycles. The van der Waals surface area contributed by atoms with Crippen LogP contribution in [-0.4, -0.2) is 34.7 Å². The van der Waals surface area contributed by atoms with Crippen molar-refractivity contribution in [2.75, 3.05) is 13.7 Å². The molecule has 3 aromatic rings. The van der Waals surface area contributed by atoms with E-state index in [4.69, 9.17) is 14.0 Å². The van der Waals surface area contributed by atoms with Gasteiger partial charge in [-0.3, -0.25) is 4.79 Å². The number of carbonyl (C=O) groups excluding carboxylic acids is 1. The summed E-state index contributed by atoms with van der Waals surface area (Å²) in [6.45, 7) is 7.16. The molecule has 1 unspecified atom stereocenters. The fraction of sp³-hybridized carbons (Fsp3) is 0.375. The van der Waals surface area contributed by atoms with Crippen molar-refractivity contribution in [1.29, 1.82) is 0 Å². The van der Waals surface area contributed by atoms with Crippen LogP contribution >= 0.6 is 0 Å². The minimum absolute atomic E-state index is 0.103. The van der Waals surface area contributed by atoms with Gasteiger partial charge in [-0.05, 0) is 62.1 Å². The number of methoxy groups -OCH3 is 1. The molecule has 7 nitrogen and oxygen atoms in total. The summed E-state index contributed by atoms with van der Waals surface area (Å²) in [6.07, 6.45) is 1.14. The summed E-state index contributed by atoms with van der Waals surface area (Å²) >= 11 is 0. The van der Waals surface area contributed by atoms with Gasteiger partial charge in [0.05, 0.1) is 13.7 Å². The van der Waals surface area contributed by atoms with Crippen molar-refractivity contribution in [2.24, 2.45) is 0 Å². The molecule has 1 aliphatic heterocycles. The highest BCUT2D eigenvalue weighted by atomic mass is 16.5. The molecule has 0 saturated carbocycles. The van der Waals surface area contributed by atoms with E-state index in [1.165, 1.54) is 11.1 Å². The summed E-state index contributed by atoms with van der Waals surface area (Å²) in [5.41, 5.74) is 4.31. The zero-order valence-electron chi connectivity index (χ0n) is 18.3. The van der Waals surface area contributed by atoms with Gasteiger partial charge in [-0.2, -0.15) is 4.98 Å². The van der Waals surface area contributed by atoms with Crippen molar-refractivity contribution in [3.8, 4) is 22.9 Å². The number of aryl methyl sites for hydroxylation is 2. The van der Waals surface area contributed by atoms with Gasteiger partial charge in [-0.1, -0.05) is 23.4 Å². The van der Waals surface area contributed by atoms with E-state index in [0.717, 1.165) is 11.1 Å². The molecule has 1 aliphatic rings. The Morgan fingerprint density at radius 2 is 1.97 bits per heavy atom. The second-order valence-corrected chi connectivity index (χ2v) is 7.75. The topological polar surface area (TPSA) is 77.7 Å². The Bertz CT molecular complexity index is 1090. The molecular weight excluding hydrogens is 394 g/mol. The fourth-order valence-corrected chi connectivity index (χ4v) is 3.86. The van der Waals surface area contributed by atoms with E-state index in [1.807, 2.05) is 30.0 Å². The maximum atomic E-state index is 12.6. The summed E-state index contributed by atoms with van der Waals surface area (Å²) in [5.74, 6) is 2.29. The Morgan fingerprint density at radius 1 is 1.13 bits per heavy atom.